The van der Waals surface area contributed by atoms with E-state index >= 15 is 0 Å². The van der Waals surface area contributed by atoms with Crippen LogP contribution in [0, 0.1) is 24.6 Å². The molecular formula is C16H21FO. The third kappa shape index (κ3) is 2.18. The Morgan fingerprint density at radius 3 is 2.67 bits per heavy atom. The van der Waals surface area contributed by atoms with Gasteiger partial charge in [0.25, 0.3) is 0 Å². The molecule has 0 amide bonds. The van der Waals surface area contributed by atoms with Gasteiger partial charge in [-0.05, 0) is 74.5 Å². The second-order valence-corrected chi connectivity index (χ2v) is 6.19. The number of hydrogen-bond acceptors (Lipinski definition) is 1. The smallest absolute Gasteiger partial charge is 0.126 e. The molecule has 2 heteroatoms. The first-order valence-corrected chi connectivity index (χ1v) is 7.07. The zero-order valence-electron chi connectivity index (χ0n) is 11.0. The molecule has 2 atom stereocenters. The van der Waals surface area contributed by atoms with Gasteiger partial charge in [0, 0.05) is 0 Å². The summed E-state index contributed by atoms with van der Waals surface area (Å²) in [7, 11) is 0. The van der Waals surface area contributed by atoms with E-state index in [2.05, 4.69) is 0 Å². The molecule has 0 saturated heterocycles. The van der Waals surface area contributed by atoms with Gasteiger partial charge in [-0.25, -0.2) is 4.39 Å². The summed E-state index contributed by atoms with van der Waals surface area (Å²) in [5, 5.41) is 10.8. The van der Waals surface area contributed by atoms with Crippen molar-refractivity contribution < 1.29 is 9.50 Å². The molecular weight excluding hydrogens is 227 g/mol. The maximum absolute atomic E-state index is 13.7. The van der Waals surface area contributed by atoms with Crippen molar-refractivity contribution in [2.75, 3.05) is 0 Å². The lowest BCUT2D eigenvalue weighted by atomic mass is 9.72. The molecule has 0 aromatic heterocycles. The SMILES string of the molecule is Cc1ccc(C2(O)CCCC(C3CC3)C2)cc1F. The maximum atomic E-state index is 13.7. The van der Waals surface area contributed by atoms with E-state index in [-0.39, 0.29) is 5.82 Å². The van der Waals surface area contributed by atoms with Crippen molar-refractivity contribution in [3.63, 3.8) is 0 Å². The number of rotatable bonds is 2. The number of benzene rings is 1. The fraction of sp³-hybridized carbons (Fsp3) is 0.625. The third-order valence-corrected chi connectivity index (χ3v) is 4.76. The van der Waals surface area contributed by atoms with E-state index in [1.54, 1.807) is 13.0 Å². The Hall–Kier alpha value is -0.890. The Morgan fingerprint density at radius 2 is 2.00 bits per heavy atom. The number of halogens is 1. The lowest BCUT2D eigenvalue weighted by molar-refractivity contribution is -0.0253. The van der Waals surface area contributed by atoms with Crippen molar-refractivity contribution in [3.8, 4) is 0 Å². The molecule has 1 nitrogen and oxygen atoms in total. The van der Waals surface area contributed by atoms with Gasteiger partial charge in [0.05, 0.1) is 5.60 Å². The highest BCUT2D eigenvalue weighted by molar-refractivity contribution is 5.28. The van der Waals surface area contributed by atoms with Gasteiger partial charge in [-0.3, -0.25) is 0 Å². The van der Waals surface area contributed by atoms with Gasteiger partial charge in [-0.2, -0.15) is 0 Å². The van der Waals surface area contributed by atoms with Crippen LogP contribution in [0.3, 0.4) is 0 Å². The van der Waals surface area contributed by atoms with E-state index in [1.807, 2.05) is 6.07 Å². The van der Waals surface area contributed by atoms with Crippen LogP contribution in [0.25, 0.3) is 0 Å². The molecule has 2 unspecified atom stereocenters. The van der Waals surface area contributed by atoms with Crippen LogP contribution in [-0.2, 0) is 5.60 Å². The molecule has 2 saturated carbocycles. The van der Waals surface area contributed by atoms with Gasteiger partial charge in [0.15, 0.2) is 0 Å². The highest BCUT2D eigenvalue weighted by atomic mass is 19.1. The summed E-state index contributed by atoms with van der Waals surface area (Å²) in [6, 6.07) is 5.21. The minimum absolute atomic E-state index is 0.200. The van der Waals surface area contributed by atoms with Gasteiger partial charge in [0.1, 0.15) is 5.82 Å². The molecule has 1 aromatic carbocycles. The Morgan fingerprint density at radius 1 is 1.22 bits per heavy atom. The quantitative estimate of drug-likeness (QED) is 0.841. The minimum atomic E-state index is -0.792. The zero-order valence-corrected chi connectivity index (χ0v) is 11.0. The van der Waals surface area contributed by atoms with Gasteiger partial charge in [0.2, 0.25) is 0 Å². The average molecular weight is 248 g/mol. The predicted molar refractivity (Wildman–Crippen MR) is 69.7 cm³/mol. The lowest BCUT2D eigenvalue weighted by Crippen LogP contribution is -2.33. The Kier molecular flexibility index (Phi) is 2.93. The Labute approximate surface area is 108 Å². The second kappa shape index (κ2) is 4.34. The van der Waals surface area contributed by atoms with Crippen molar-refractivity contribution in [1.29, 1.82) is 0 Å². The van der Waals surface area contributed by atoms with Crippen LogP contribution < -0.4 is 0 Å². The highest BCUT2D eigenvalue weighted by Gasteiger charge is 2.41. The molecule has 0 spiro atoms. The fourth-order valence-corrected chi connectivity index (χ4v) is 3.41. The van der Waals surface area contributed by atoms with Crippen LogP contribution in [0.1, 0.15) is 49.7 Å². The number of aliphatic hydroxyl groups is 1. The molecule has 0 aliphatic heterocycles. The fourth-order valence-electron chi connectivity index (χ4n) is 3.41. The molecule has 1 N–H and O–H groups in total. The maximum Gasteiger partial charge on any atom is 0.126 e. The molecule has 1 aromatic rings. The van der Waals surface area contributed by atoms with Crippen molar-refractivity contribution >= 4 is 0 Å². The summed E-state index contributed by atoms with van der Waals surface area (Å²) >= 11 is 0. The molecule has 0 heterocycles. The van der Waals surface area contributed by atoms with Crippen LogP contribution in [0.4, 0.5) is 4.39 Å². The summed E-state index contributed by atoms with van der Waals surface area (Å²) in [5.74, 6) is 1.27. The van der Waals surface area contributed by atoms with Crippen LogP contribution in [0.15, 0.2) is 18.2 Å². The van der Waals surface area contributed by atoms with Crippen molar-refractivity contribution in [2.24, 2.45) is 11.8 Å². The first kappa shape index (κ1) is 12.2. The van der Waals surface area contributed by atoms with E-state index in [0.717, 1.165) is 30.7 Å². The van der Waals surface area contributed by atoms with E-state index < -0.39 is 5.60 Å². The summed E-state index contributed by atoms with van der Waals surface area (Å²) in [4.78, 5) is 0. The van der Waals surface area contributed by atoms with Crippen LogP contribution >= 0.6 is 0 Å². The highest BCUT2D eigenvalue weighted by Crippen LogP contribution is 2.49. The third-order valence-electron chi connectivity index (χ3n) is 4.76. The van der Waals surface area contributed by atoms with Gasteiger partial charge in [-0.1, -0.05) is 12.1 Å². The summed E-state index contributed by atoms with van der Waals surface area (Å²) in [5.41, 5.74) is 0.632. The standard InChI is InChI=1S/C16H21FO/c1-11-4-7-14(9-15(11)17)16(18)8-2-3-13(10-16)12-5-6-12/h4,7,9,12-13,18H,2-3,5-6,8,10H2,1H3. The van der Waals surface area contributed by atoms with Crippen LogP contribution in [0.5, 0.6) is 0 Å². The minimum Gasteiger partial charge on any atom is -0.385 e. The Bertz CT molecular complexity index is 452. The number of aryl methyl sites for hydroxylation is 1. The van der Waals surface area contributed by atoms with E-state index in [4.69, 9.17) is 0 Å². The second-order valence-electron chi connectivity index (χ2n) is 6.19. The average Bonchev–Trinajstić information content (AvgIpc) is 3.17. The van der Waals surface area contributed by atoms with Crippen LogP contribution in [0.2, 0.25) is 0 Å². The van der Waals surface area contributed by atoms with Gasteiger partial charge in [-0.15, -0.1) is 0 Å². The van der Waals surface area contributed by atoms with Crippen LogP contribution in [-0.4, -0.2) is 5.11 Å². The molecule has 3 rings (SSSR count). The Balaban J connectivity index is 1.85. The van der Waals surface area contributed by atoms with Crippen molar-refractivity contribution in [1.82, 2.24) is 0 Å². The molecule has 18 heavy (non-hydrogen) atoms. The summed E-state index contributed by atoms with van der Waals surface area (Å²) in [6.45, 7) is 1.76. The van der Waals surface area contributed by atoms with E-state index in [1.165, 1.54) is 25.3 Å². The molecule has 2 fully saturated rings. The molecule has 2 aliphatic carbocycles. The first-order valence-electron chi connectivity index (χ1n) is 7.07. The predicted octanol–water partition coefficient (Wildman–Crippen LogP) is 3.92. The molecule has 0 bridgehead atoms. The largest absolute Gasteiger partial charge is 0.385 e. The summed E-state index contributed by atoms with van der Waals surface area (Å²) < 4.78 is 13.7. The number of hydrogen-bond donors (Lipinski definition) is 1. The monoisotopic (exact) mass is 248 g/mol. The van der Waals surface area contributed by atoms with E-state index in [9.17, 15) is 9.50 Å². The van der Waals surface area contributed by atoms with E-state index in [0.29, 0.717) is 11.5 Å². The normalized spacial score (nSPS) is 32.5. The topological polar surface area (TPSA) is 20.2 Å². The molecule has 98 valence electrons. The summed E-state index contributed by atoms with van der Waals surface area (Å²) in [6.07, 6.45) is 6.54. The molecule has 0 radical (unpaired) electrons. The first-order chi connectivity index (χ1) is 8.58. The van der Waals surface area contributed by atoms with Crippen molar-refractivity contribution in [3.05, 3.63) is 35.1 Å². The van der Waals surface area contributed by atoms with Crippen molar-refractivity contribution in [2.45, 2.75) is 51.0 Å². The molecule has 2 aliphatic rings. The van der Waals surface area contributed by atoms with Gasteiger partial charge >= 0.3 is 0 Å². The zero-order chi connectivity index (χ0) is 12.8. The lowest BCUT2D eigenvalue weighted by Gasteiger charge is -2.37. The van der Waals surface area contributed by atoms with Gasteiger partial charge < -0.3 is 5.11 Å².